The average Bonchev–Trinajstić information content (AvgIpc) is 2.50. The number of Topliss-reactive ketones (excluding diaryl/α,β-unsaturated/α-hetero) is 1. The van der Waals surface area contributed by atoms with Crippen molar-refractivity contribution in [1.29, 1.82) is 0 Å². The van der Waals surface area contributed by atoms with Gasteiger partial charge in [-0.3, -0.25) is 9.59 Å². The fraction of sp³-hybridized carbons (Fsp3) is 0.125. The molecule has 0 radical (unpaired) electrons. The number of ketones is 1. The second kappa shape index (κ2) is 5.58. The van der Waals surface area contributed by atoms with E-state index in [1.807, 2.05) is 18.2 Å². The lowest BCUT2D eigenvalue weighted by Crippen LogP contribution is -2.50. The molecule has 0 aliphatic carbocycles. The topological polar surface area (TPSA) is 46.2 Å². The SMILES string of the molecule is O=C1Nc2c(Cl)ccc(Cl)c2C(=O)C1(Cl)Cc1ccccc1. The molecule has 2 aromatic carbocycles. The smallest absolute Gasteiger partial charge is 0.254 e. The third-order valence-corrected chi connectivity index (χ3v) is 4.69. The summed E-state index contributed by atoms with van der Waals surface area (Å²) < 4.78 is 0. The Labute approximate surface area is 142 Å². The first-order valence-electron chi connectivity index (χ1n) is 6.50. The minimum atomic E-state index is -1.73. The summed E-state index contributed by atoms with van der Waals surface area (Å²) in [5.74, 6) is -1.14. The molecule has 1 amide bonds. The van der Waals surface area contributed by atoms with E-state index in [1.54, 1.807) is 12.1 Å². The first-order chi connectivity index (χ1) is 10.4. The van der Waals surface area contributed by atoms with Gasteiger partial charge in [-0.15, -0.1) is 0 Å². The molecular weight excluding hydrogens is 345 g/mol. The van der Waals surface area contributed by atoms with E-state index in [9.17, 15) is 9.59 Å². The van der Waals surface area contributed by atoms with Crippen molar-refractivity contribution >= 4 is 52.2 Å². The van der Waals surface area contributed by atoms with Crippen molar-refractivity contribution in [3.05, 3.63) is 63.6 Å². The number of benzene rings is 2. The summed E-state index contributed by atoms with van der Waals surface area (Å²) in [6.45, 7) is 0. The number of anilines is 1. The van der Waals surface area contributed by atoms with E-state index < -0.39 is 16.6 Å². The average molecular weight is 355 g/mol. The van der Waals surface area contributed by atoms with Gasteiger partial charge in [-0.2, -0.15) is 0 Å². The molecule has 1 heterocycles. The minimum Gasteiger partial charge on any atom is -0.322 e. The van der Waals surface area contributed by atoms with Gasteiger partial charge in [0, 0.05) is 6.42 Å². The molecule has 1 N–H and O–H groups in total. The van der Waals surface area contributed by atoms with Crippen molar-refractivity contribution in [1.82, 2.24) is 0 Å². The lowest BCUT2D eigenvalue weighted by molar-refractivity contribution is -0.117. The molecule has 1 aliphatic rings. The van der Waals surface area contributed by atoms with Crippen LogP contribution in [0.25, 0.3) is 0 Å². The van der Waals surface area contributed by atoms with Crippen LogP contribution in [0.5, 0.6) is 0 Å². The summed E-state index contributed by atoms with van der Waals surface area (Å²) in [4.78, 5) is 23.4. The zero-order chi connectivity index (χ0) is 15.9. The number of amides is 1. The number of nitrogens with one attached hydrogen (secondary N) is 1. The molecule has 0 fully saturated rings. The third kappa shape index (κ3) is 2.39. The third-order valence-electron chi connectivity index (χ3n) is 3.58. The van der Waals surface area contributed by atoms with Gasteiger partial charge in [0.1, 0.15) is 0 Å². The van der Waals surface area contributed by atoms with Gasteiger partial charge in [0.2, 0.25) is 0 Å². The van der Waals surface area contributed by atoms with Crippen molar-refractivity contribution in [2.75, 3.05) is 5.32 Å². The quantitative estimate of drug-likeness (QED) is 0.644. The summed E-state index contributed by atoms with van der Waals surface area (Å²) in [6, 6.07) is 12.1. The molecule has 3 rings (SSSR count). The van der Waals surface area contributed by atoms with Gasteiger partial charge in [-0.25, -0.2) is 0 Å². The lowest BCUT2D eigenvalue weighted by Gasteiger charge is -2.31. The summed E-state index contributed by atoms with van der Waals surface area (Å²) in [6.07, 6.45) is 0.0718. The van der Waals surface area contributed by atoms with Crippen molar-refractivity contribution < 1.29 is 9.59 Å². The second-order valence-corrected chi connectivity index (χ2v) is 6.49. The molecular formula is C16H10Cl3NO2. The monoisotopic (exact) mass is 353 g/mol. The summed E-state index contributed by atoms with van der Waals surface area (Å²) >= 11 is 18.5. The second-order valence-electron chi connectivity index (χ2n) is 5.03. The van der Waals surface area contributed by atoms with Gasteiger partial charge in [0.05, 0.1) is 21.3 Å². The molecule has 112 valence electrons. The summed E-state index contributed by atoms with van der Waals surface area (Å²) in [7, 11) is 0. The van der Waals surface area contributed by atoms with Gasteiger partial charge < -0.3 is 5.32 Å². The van der Waals surface area contributed by atoms with E-state index in [1.165, 1.54) is 12.1 Å². The largest absolute Gasteiger partial charge is 0.322 e. The maximum Gasteiger partial charge on any atom is 0.254 e. The first kappa shape index (κ1) is 15.3. The van der Waals surface area contributed by atoms with Crippen molar-refractivity contribution in [2.24, 2.45) is 0 Å². The normalized spacial score (nSPS) is 20.5. The molecule has 2 aromatic rings. The molecule has 1 unspecified atom stereocenters. The Morgan fingerprint density at radius 3 is 2.27 bits per heavy atom. The Morgan fingerprint density at radius 2 is 1.59 bits per heavy atom. The van der Waals surface area contributed by atoms with Crippen LogP contribution in [0.3, 0.4) is 0 Å². The van der Waals surface area contributed by atoms with Crippen LogP contribution in [0, 0.1) is 0 Å². The van der Waals surface area contributed by atoms with Crippen LogP contribution in [-0.2, 0) is 11.2 Å². The van der Waals surface area contributed by atoms with E-state index in [0.29, 0.717) is 0 Å². The van der Waals surface area contributed by atoms with E-state index in [0.717, 1.165) is 5.56 Å². The molecule has 1 atom stereocenters. The number of alkyl halides is 1. The highest BCUT2D eigenvalue weighted by molar-refractivity contribution is 6.54. The summed E-state index contributed by atoms with van der Waals surface area (Å²) in [5, 5.41) is 3.06. The standard InChI is InChI=1S/C16H10Cl3NO2/c17-10-6-7-11(18)13-12(10)14(21)16(19,15(22)20-13)8-9-4-2-1-3-5-9/h1-7H,8H2,(H,20,22). The van der Waals surface area contributed by atoms with Crippen LogP contribution in [0.4, 0.5) is 5.69 Å². The Hall–Kier alpha value is -1.55. The maximum absolute atomic E-state index is 12.8. The van der Waals surface area contributed by atoms with Crippen molar-refractivity contribution in [3.8, 4) is 0 Å². The highest BCUT2D eigenvalue weighted by Gasteiger charge is 2.49. The zero-order valence-corrected chi connectivity index (χ0v) is 13.5. The predicted molar refractivity (Wildman–Crippen MR) is 88.2 cm³/mol. The van der Waals surface area contributed by atoms with Gasteiger partial charge in [0.25, 0.3) is 5.91 Å². The van der Waals surface area contributed by atoms with E-state index >= 15 is 0 Å². The first-order valence-corrected chi connectivity index (χ1v) is 7.64. The number of hydrogen-bond donors (Lipinski definition) is 1. The number of halogens is 3. The van der Waals surface area contributed by atoms with Gasteiger partial charge >= 0.3 is 0 Å². The Balaban J connectivity index is 2.09. The maximum atomic E-state index is 12.8. The predicted octanol–water partition coefficient (Wildman–Crippen LogP) is 4.35. The van der Waals surface area contributed by atoms with E-state index in [2.05, 4.69) is 5.32 Å². The minimum absolute atomic E-state index is 0.0718. The molecule has 0 saturated carbocycles. The molecule has 6 heteroatoms. The lowest BCUT2D eigenvalue weighted by atomic mass is 9.86. The Bertz CT molecular complexity index is 776. The highest BCUT2D eigenvalue weighted by atomic mass is 35.5. The number of rotatable bonds is 2. The van der Waals surface area contributed by atoms with Crippen molar-refractivity contribution in [3.63, 3.8) is 0 Å². The number of fused-ring (bicyclic) bond motifs is 1. The van der Waals surface area contributed by atoms with E-state index in [-0.39, 0.29) is 27.7 Å². The Morgan fingerprint density at radius 1 is 0.955 bits per heavy atom. The van der Waals surface area contributed by atoms with Gasteiger partial charge in [-0.05, 0) is 17.7 Å². The molecule has 0 spiro atoms. The number of hydrogen-bond acceptors (Lipinski definition) is 2. The molecule has 0 bridgehead atoms. The summed E-state index contributed by atoms with van der Waals surface area (Å²) in [5.41, 5.74) is 1.15. The van der Waals surface area contributed by atoms with Crippen LogP contribution >= 0.6 is 34.8 Å². The number of carbonyl (C=O) groups excluding carboxylic acids is 2. The van der Waals surface area contributed by atoms with Crippen LogP contribution < -0.4 is 5.32 Å². The highest BCUT2D eigenvalue weighted by Crippen LogP contribution is 2.41. The van der Waals surface area contributed by atoms with E-state index in [4.69, 9.17) is 34.8 Å². The number of carbonyl (C=O) groups is 2. The van der Waals surface area contributed by atoms with Crippen molar-refractivity contribution in [2.45, 2.75) is 11.3 Å². The molecule has 1 aliphatic heterocycles. The van der Waals surface area contributed by atoms with Gasteiger partial charge in [-0.1, -0.05) is 65.1 Å². The molecule has 22 heavy (non-hydrogen) atoms. The fourth-order valence-corrected chi connectivity index (χ4v) is 3.19. The van der Waals surface area contributed by atoms with Crippen LogP contribution in [0.15, 0.2) is 42.5 Å². The van der Waals surface area contributed by atoms with Crippen LogP contribution in [0.2, 0.25) is 10.0 Å². The molecule has 3 nitrogen and oxygen atoms in total. The van der Waals surface area contributed by atoms with Gasteiger partial charge in [0.15, 0.2) is 10.7 Å². The molecule has 0 saturated heterocycles. The van der Waals surface area contributed by atoms with Crippen LogP contribution in [-0.4, -0.2) is 16.6 Å². The Kier molecular flexibility index (Phi) is 3.89. The zero-order valence-electron chi connectivity index (χ0n) is 11.2. The molecule has 0 aromatic heterocycles. The van der Waals surface area contributed by atoms with Crippen LogP contribution in [0.1, 0.15) is 15.9 Å². The fourth-order valence-electron chi connectivity index (χ4n) is 2.45.